The van der Waals surface area contributed by atoms with Crippen molar-refractivity contribution in [1.82, 2.24) is 4.90 Å². The number of halogens is 1. The van der Waals surface area contributed by atoms with Crippen molar-refractivity contribution in [2.24, 2.45) is 0 Å². The van der Waals surface area contributed by atoms with Gasteiger partial charge in [0.2, 0.25) is 0 Å². The third kappa shape index (κ3) is 4.35. The number of piperazine rings is 1. The van der Waals surface area contributed by atoms with Crippen molar-refractivity contribution in [3.8, 4) is 0 Å². The first-order valence-corrected chi connectivity index (χ1v) is 12.1. The number of anilines is 2. The number of carbonyl (C=O) groups excluding carboxylic acids is 1. The molecule has 0 radical (unpaired) electrons. The van der Waals surface area contributed by atoms with Gasteiger partial charge in [-0.05, 0) is 55.1 Å². The van der Waals surface area contributed by atoms with E-state index in [2.05, 4.69) is 46.2 Å². The Hall–Kier alpha value is -2.56. The zero-order valence-corrected chi connectivity index (χ0v) is 19.2. The van der Waals surface area contributed by atoms with Crippen LogP contribution in [-0.2, 0) is 0 Å². The molecule has 5 rings (SSSR count). The third-order valence-electron chi connectivity index (χ3n) is 6.80. The second kappa shape index (κ2) is 9.51. The second-order valence-corrected chi connectivity index (χ2v) is 9.30. The van der Waals surface area contributed by atoms with Crippen LogP contribution in [0.5, 0.6) is 0 Å². The van der Waals surface area contributed by atoms with Crippen LogP contribution in [0.4, 0.5) is 11.4 Å². The maximum Gasteiger partial charge on any atom is 0.258 e. The maximum absolute atomic E-state index is 12.9. The summed E-state index contributed by atoms with van der Waals surface area (Å²) in [7, 11) is 0. The quantitative estimate of drug-likeness (QED) is 0.406. The van der Waals surface area contributed by atoms with Gasteiger partial charge in [-0.15, -0.1) is 0 Å². The first kappa shape index (κ1) is 21.3. The fraction of sp³-hybridized carbons (Fsp3) is 0.370. The lowest BCUT2D eigenvalue weighted by Gasteiger charge is -2.36. The van der Waals surface area contributed by atoms with Crippen LogP contribution in [0.3, 0.4) is 0 Å². The van der Waals surface area contributed by atoms with E-state index in [1.54, 1.807) is 0 Å². The van der Waals surface area contributed by atoms with E-state index >= 15 is 0 Å². The molecule has 1 amide bonds. The number of amides is 1. The lowest BCUT2D eigenvalue weighted by atomic mass is 10.1. The Morgan fingerprint density at radius 1 is 0.781 bits per heavy atom. The van der Waals surface area contributed by atoms with Crippen molar-refractivity contribution in [3.05, 3.63) is 71.2 Å². The average Bonchev–Trinajstić information content (AvgIpc) is 3.10. The predicted octanol–water partition coefficient (Wildman–Crippen LogP) is 5.84. The number of unbranched alkanes of at least 4 members (excludes halogenated alkanes) is 3. The van der Waals surface area contributed by atoms with Crippen molar-refractivity contribution in [2.75, 3.05) is 49.1 Å². The SMILES string of the molecule is O=C1c2cccc3cccc(c23)N1CCCCCCN1CCN(c2cccc(Cl)c2)CC1. The fourth-order valence-electron chi connectivity index (χ4n) is 5.06. The summed E-state index contributed by atoms with van der Waals surface area (Å²) in [6.45, 7) is 6.31. The van der Waals surface area contributed by atoms with Crippen molar-refractivity contribution < 1.29 is 4.79 Å². The molecule has 0 spiro atoms. The van der Waals surface area contributed by atoms with E-state index in [-0.39, 0.29) is 5.91 Å². The molecule has 2 aliphatic heterocycles. The van der Waals surface area contributed by atoms with Gasteiger partial charge < -0.3 is 9.80 Å². The summed E-state index contributed by atoms with van der Waals surface area (Å²) in [5.41, 5.74) is 3.17. The molecule has 0 unspecified atom stereocenters. The van der Waals surface area contributed by atoms with Gasteiger partial charge in [0.15, 0.2) is 0 Å². The number of rotatable bonds is 8. The number of hydrogen-bond acceptors (Lipinski definition) is 3. The largest absolute Gasteiger partial charge is 0.369 e. The van der Waals surface area contributed by atoms with Crippen LogP contribution in [0, 0.1) is 0 Å². The molecule has 2 aliphatic rings. The summed E-state index contributed by atoms with van der Waals surface area (Å²) >= 11 is 6.14. The molecule has 3 aromatic rings. The van der Waals surface area contributed by atoms with E-state index < -0.39 is 0 Å². The Bertz CT molecular complexity index is 1100. The van der Waals surface area contributed by atoms with Crippen LogP contribution >= 0.6 is 11.6 Å². The van der Waals surface area contributed by atoms with Gasteiger partial charge in [-0.2, -0.15) is 0 Å². The van der Waals surface area contributed by atoms with Gasteiger partial charge in [-0.25, -0.2) is 0 Å². The molecule has 2 heterocycles. The number of benzene rings is 3. The normalized spacial score (nSPS) is 16.3. The Kier molecular flexibility index (Phi) is 6.33. The molecule has 166 valence electrons. The molecular formula is C27H30ClN3O. The van der Waals surface area contributed by atoms with Crippen LogP contribution in [0.2, 0.25) is 5.02 Å². The highest BCUT2D eigenvalue weighted by atomic mass is 35.5. The zero-order valence-electron chi connectivity index (χ0n) is 18.5. The van der Waals surface area contributed by atoms with Gasteiger partial charge in [0.25, 0.3) is 5.91 Å². The van der Waals surface area contributed by atoms with Crippen molar-refractivity contribution >= 4 is 39.7 Å². The molecule has 1 saturated heterocycles. The molecule has 3 aromatic carbocycles. The lowest BCUT2D eigenvalue weighted by molar-refractivity contribution is 0.0992. The van der Waals surface area contributed by atoms with Gasteiger partial charge in [-0.3, -0.25) is 9.69 Å². The molecule has 0 saturated carbocycles. The van der Waals surface area contributed by atoms with E-state index in [0.717, 1.165) is 72.7 Å². The smallest absolute Gasteiger partial charge is 0.258 e. The topological polar surface area (TPSA) is 26.8 Å². The molecule has 5 heteroatoms. The maximum atomic E-state index is 12.9. The number of carbonyl (C=O) groups is 1. The molecule has 1 fully saturated rings. The molecular weight excluding hydrogens is 418 g/mol. The lowest BCUT2D eigenvalue weighted by Crippen LogP contribution is -2.46. The highest BCUT2D eigenvalue weighted by molar-refractivity contribution is 6.30. The summed E-state index contributed by atoms with van der Waals surface area (Å²) < 4.78 is 0. The summed E-state index contributed by atoms with van der Waals surface area (Å²) in [4.78, 5) is 19.8. The highest BCUT2D eigenvalue weighted by Gasteiger charge is 2.28. The van der Waals surface area contributed by atoms with Crippen LogP contribution in [0.25, 0.3) is 10.8 Å². The van der Waals surface area contributed by atoms with Gasteiger partial charge in [-0.1, -0.05) is 54.8 Å². The molecule has 0 atom stereocenters. The monoisotopic (exact) mass is 447 g/mol. The highest BCUT2D eigenvalue weighted by Crippen LogP contribution is 2.37. The Labute approximate surface area is 195 Å². The minimum atomic E-state index is 0.161. The summed E-state index contributed by atoms with van der Waals surface area (Å²) in [6.07, 6.45) is 4.66. The van der Waals surface area contributed by atoms with Crippen molar-refractivity contribution in [1.29, 1.82) is 0 Å². The molecule has 0 aliphatic carbocycles. The van der Waals surface area contributed by atoms with Gasteiger partial charge >= 0.3 is 0 Å². The number of nitrogens with zero attached hydrogens (tertiary/aromatic N) is 3. The van der Waals surface area contributed by atoms with Gasteiger partial charge in [0, 0.05) is 54.4 Å². The molecule has 0 N–H and O–H groups in total. The molecule has 4 nitrogen and oxygen atoms in total. The van der Waals surface area contributed by atoms with Crippen LogP contribution in [0.15, 0.2) is 60.7 Å². The molecule has 0 bridgehead atoms. The van der Waals surface area contributed by atoms with Gasteiger partial charge in [0.1, 0.15) is 0 Å². The van der Waals surface area contributed by atoms with Gasteiger partial charge in [0.05, 0.1) is 5.69 Å². The minimum Gasteiger partial charge on any atom is -0.369 e. The van der Waals surface area contributed by atoms with E-state index in [9.17, 15) is 4.79 Å². The van der Waals surface area contributed by atoms with E-state index in [0.29, 0.717) is 0 Å². The summed E-state index contributed by atoms with van der Waals surface area (Å²) in [5.74, 6) is 0.161. The third-order valence-corrected chi connectivity index (χ3v) is 7.04. The van der Waals surface area contributed by atoms with Crippen LogP contribution in [-0.4, -0.2) is 50.1 Å². The summed E-state index contributed by atoms with van der Waals surface area (Å²) in [6, 6.07) is 20.4. The van der Waals surface area contributed by atoms with Crippen molar-refractivity contribution in [2.45, 2.75) is 25.7 Å². The Morgan fingerprint density at radius 2 is 1.50 bits per heavy atom. The predicted molar refractivity (Wildman–Crippen MR) is 134 cm³/mol. The molecule has 0 aromatic heterocycles. The first-order valence-electron chi connectivity index (χ1n) is 11.8. The Balaban J connectivity index is 1.02. The second-order valence-electron chi connectivity index (χ2n) is 8.86. The van der Waals surface area contributed by atoms with E-state index in [4.69, 9.17) is 11.6 Å². The van der Waals surface area contributed by atoms with E-state index in [1.807, 2.05) is 29.2 Å². The van der Waals surface area contributed by atoms with Crippen LogP contribution in [0.1, 0.15) is 36.0 Å². The Morgan fingerprint density at radius 3 is 2.28 bits per heavy atom. The number of hydrogen-bond donors (Lipinski definition) is 0. The summed E-state index contributed by atoms with van der Waals surface area (Å²) in [5, 5.41) is 3.09. The van der Waals surface area contributed by atoms with E-state index in [1.165, 1.54) is 24.9 Å². The van der Waals surface area contributed by atoms with Crippen LogP contribution < -0.4 is 9.80 Å². The molecule has 32 heavy (non-hydrogen) atoms. The standard InChI is InChI=1S/C27H30ClN3O/c28-22-10-7-11-23(20-22)30-18-16-29(17-19-30)14-3-1-2-4-15-31-25-13-6-9-21-8-5-12-24(26(21)25)27(31)32/h5-13,20H,1-4,14-19H2. The minimum absolute atomic E-state index is 0.161. The first-order chi connectivity index (χ1) is 15.7. The zero-order chi connectivity index (χ0) is 21.9. The van der Waals surface area contributed by atoms with Crippen molar-refractivity contribution in [3.63, 3.8) is 0 Å². The average molecular weight is 448 g/mol. The fourth-order valence-corrected chi connectivity index (χ4v) is 5.25.